The number of fused-ring (bicyclic) bond motifs is 1. The third kappa shape index (κ3) is 5.15. The van der Waals surface area contributed by atoms with Crippen molar-refractivity contribution in [2.24, 2.45) is 5.73 Å². The molecular weight excluding hydrogens is 452 g/mol. The van der Waals surface area contributed by atoms with Crippen molar-refractivity contribution in [2.75, 3.05) is 17.6 Å². The van der Waals surface area contributed by atoms with E-state index in [0.29, 0.717) is 0 Å². The van der Waals surface area contributed by atoms with Crippen LogP contribution < -0.4 is 50.0 Å². The number of nitrogens with zero attached hydrogens (tertiary/aromatic N) is 3. The van der Waals surface area contributed by atoms with Gasteiger partial charge in [-0.1, -0.05) is 6.07 Å². The van der Waals surface area contributed by atoms with Crippen LogP contribution in [0.1, 0.15) is 26.4 Å². The molecule has 2 heterocycles. The summed E-state index contributed by atoms with van der Waals surface area (Å²) < 4.78 is 38.2. The average molecular weight is 469 g/mol. The van der Waals surface area contributed by atoms with Crippen LogP contribution in [0, 0.1) is 5.82 Å². The van der Waals surface area contributed by atoms with Crippen molar-refractivity contribution in [3.63, 3.8) is 0 Å². The number of hydrogen-bond acceptors (Lipinski definition) is 7. The molecule has 0 unspecified atom stereocenters. The summed E-state index contributed by atoms with van der Waals surface area (Å²) in [7, 11) is -2.52. The molecule has 3 N–H and O–H groups in total. The topological polar surface area (TPSA) is 158 Å². The van der Waals surface area contributed by atoms with Crippen LogP contribution in [0.15, 0.2) is 36.5 Å². The predicted octanol–water partition coefficient (Wildman–Crippen LogP) is -2.73. The Morgan fingerprint density at radius 2 is 1.97 bits per heavy atom. The Morgan fingerprint density at radius 3 is 2.59 bits per heavy atom. The first-order valence-electron chi connectivity index (χ1n) is 8.76. The van der Waals surface area contributed by atoms with Gasteiger partial charge in [-0.25, -0.2) is 17.8 Å². The molecule has 0 atom stereocenters. The molecule has 0 aliphatic carbocycles. The molecule has 2 aromatic heterocycles. The summed E-state index contributed by atoms with van der Waals surface area (Å²) in [6.45, 7) is -0.254. The Kier molecular flexibility index (Phi) is 7.78. The summed E-state index contributed by atoms with van der Waals surface area (Å²) in [6, 6.07) is 6.26. The van der Waals surface area contributed by atoms with E-state index in [9.17, 15) is 27.5 Å². The summed E-state index contributed by atoms with van der Waals surface area (Å²) in [4.78, 5) is 32.1. The molecule has 0 bridgehead atoms. The molecule has 32 heavy (non-hydrogen) atoms. The van der Waals surface area contributed by atoms with E-state index in [-0.39, 0.29) is 63.9 Å². The van der Waals surface area contributed by atoms with Gasteiger partial charge in [0, 0.05) is 30.7 Å². The third-order valence-electron chi connectivity index (χ3n) is 4.48. The number of sulfonamides is 1. The second-order valence-corrected chi connectivity index (χ2v) is 8.61. The number of nitrogens with one attached hydrogen (secondary N) is 1. The quantitative estimate of drug-likeness (QED) is 0.371. The van der Waals surface area contributed by atoms with Crippen LogP contribution in [0.3, 0.4) is 0 Å². The van der Waals surface area contributed by atoms with Gasteiger partial charge >= 0.3 is 29.6 Å². The second-order valence-electron chi connectivity index (χ2n) is 6.59. The van der Waals surface area contributed by atoms with E-state index in [1.807, 2.05) is 0 Å². The number of benzene rings is 1. The molecule has 0 spiro atoms. The van der Waals surface area contributed by atoms with Gasteiger partial charge in [-0.05, 0) is 35.6 Å². The molecule has 0 fully saturated rings. The Bertz CT molecular complexity index is 1320. The molecule has 0 radical (unpaired) electrons. The molecular formula is C19H17FN5NaO5S. The number of amides is 2. The van der Waals surface area contributed by atoms with Crippen LogP contribution in [0.5, 0.6) is 5.75 Å². The second kappa shape index (κ2) is 9.77. The van der Waals surface area contributed by atoms with Gasteiger partial charge in [0.1, 0.15) is 11.5 Å². The summed E-state index contributed by atoms with van der Waals surface area (Å²) in [5.74, 6) is -3.44. The van der Waals surface area contributed by atoms with E-state index in [1.165, 1.54) is 31.4 Å². The molecule has 0 saturated heterocycles. The van der Waals surface area contributed by atoms with E-state index < -0.39 is 39.1 Å². The van der Waals surface area contributed by atoms with Crippen LogP contribution in [-0.2, 0) is 16.6 Å². The van der Waals surface area contributed by atoms with Crippen LogP contribution >= 0.6 is 0 Å². The molecule has 10 nitrogen and oxygen atoms in total. The first kappa shape index (κ1) is 25.5. The van der Waals surface area contributed by atoms with E-state index in [4.69, 9.17) is 5.73 Å². The van der Waals surface area contributed by atoms with Crippen LogP contribution in [0.25, 0.3) is 10.9 Å². The van der Waals surface area contributed by atoms with Gasteiger partial charge in [-0.2, -0.15) is 0 Å². The number of rotatable bonds is 6. The number of aromatic nitrogens is 2. The molecule has 2 amide bonds. The summed E-state index contributed by atoms with van der Waals surface area (Å²) in [6.07, 6.45) is 2.27. The third-order valence-corrected chi connectivity index (χ3v) is 5.65. The molecule has 0 aliphatic rings. The molecule has 3 rings (SSSR count). The van der Waals surface area contributed by atoms with Gasteiger partial charge in [0.05, 0.1) is 11.8 Å². The van der Waals surface area contributed by atoms with Crippen molar-refractivity contribution < 1.29 is 57.1 Å². The maximum Gasteiger partial charge on any atom is 1.00 e. The molecule has 1 aromatic carbocycles. The van der Waals surface area contributed by atoms with Crippen molar-refractivity contribution in [3.8, 4) is 5.75 Å². The zero-order valence-corrected chi connectivity index (χ0v) is 20.2. The largest absolute Gasteiger partial charge is 1.00 e. The monoisotopic (exact) mass is 469 g/mol. The maximum absolute atomic E-state index is 13.4. The van der Waals surface area contributed by atoms with Gasteiger partial charge in [0.15, 0.2) is 5.82 Å². The Hall–Kier alpha value is -2.80. The maximum atomic E-state index is 13.4. The minimum absolute atomic E-state index is 0. The predicted molar refractivity (Wildman–Crippen MR) is 108 cm³/mol. The van der Waals surface area contributed by atoms with Gasteiger partial charge < -0.3 is 16.2 Å². The van der Waals surface area contributed by atoms with Crippen LogP contribution in [0.2, 0.25) is 0 Å². The number of pyridine rings is 2. The Morgan fingerprint density at radius 1 is 1.28 bits per heavy atom. The fourth-order valence-corrected chi connectivity index (χ4v) is 3.29. The molecule has 0 saturated carbocycles. The number of anilines is 1. The van der Waals surface area contributed by atoms with Gasteiger partial charge in [0.25, 0.3) is 5.91 Å². The van der Waals surface area contributed by atoms with Crippen molar-refractivity contribution in [1.29, 1.82) is 0 Å². The number of nitrogens with two attached hydrogens (primary N) is 1. The summed E-state index contributed by atoms with van der Waals surface area (Å²) >= 11 is 0. The van der Waals surface area contributed by atoms with E-state index in [1.54, 1.807) is 0 Å². The fraction of sp³-hybridized carbons (Fsp3) is 0.158. The molecule has 13 heteroatoms. The summed E-state index contributed by atoms with van der Waals surface area (Å²) in [5.41, 5.74) is 4.61. The Balaban J connectivity index is 0.00000363. The van der Waals surface area contributed by atoms with Crippen LogP contribution in [0.4, 0.5) is 10.2 Å². The number of hydrogen-bond donors (Lipinski definition) is 2. The van der Waals surface area contributed by atoms with Crippen molar-refractivity contribution >= 4 is 38.6 Å². The average Bonchev–Trinajstić information content (AvgIpc) is 2.71. The standard InChI is InChI=1S/C19H18FN5O5S.Na/c1-25(31(2,29)30)18-12-4-3-7-22-14(12)16(26)15(24-18)19(28)23-9-10-5-6-11(20)8-13(10)17(21)27;/h3-8,26H,9H2,1-2H3,(H2,21,27)(H,23,28);/q;+1/p-1. The van der Waals surface area contributed by atoms with Gasteiger partial charge in [0.2, 0.25) is 15.9 Å². The van der Waals surface area contributed by atoms with Gasteiger partial charge in [-0.3, -0.25) is 18.9 Å². The number of carbonyl (C=O) groups is 2. The van der Waals surface area contributed by atoms with Crippen molar-refractivity contribution in [2.45, 2.75) is 6.54 Å². The van der Waals surface area contributed by atoms with E-state index in [0.717, 1.165) is 22.7 Å². The van der Waals surface area contributed by atoms with E-state index >= 15 is 0 Å². The number of halogens is 1. The van der Waals surface area contributed by atoms with Crippen molar-refractivity contribution in [3.05, 3.63) is 59.2 Å². The number of carbonyl (C=O) groups excluding carboxylic acids is 2. The minimum atomic E-state index is -3.75. The molecule has 3 aromatic rings. The normalized spacial score (nSPS) is 11.0. The summed E-state index contributed by atoms with van der Waals surface area (Å²) in [5, 5.41) is 15.3. The Labute approximate surface area is 205 Å². The molecule has 0 aliphatic heterocycles. The minimum Gasteiger partial charge on any atom is -0.869 e. The van der Waals surface area contributed by atoms with Crippen LogP contribution in [-0.4, -0.2) is 43.5 Å². The van der Waals surface area contributed by atoms with Gasteiger partial charge in [-0.15, -0.1) is 0 Å². The van der Waals surface area contributed by atoms with E-state index in [2.05, 4.69) is 15.3 Å². The first-order chi connectivity index (χ1) is 14.5. The smallest absolute Gasteiger partial charge is 0.869 e. The fourth-order valence-electron chi connectivity index (χ4n) is 2.84. The zero-order valence-electron chi connectivity index (χ0n) is 17.4. The SMILES string of the molecule is CN(c1nc(C(=O)NCc2ccc(F)cc2C(N)=O)c([O-])c2ncccc12)S(C)(=O)=O.[Na+]. The van der Waals surface area contributed by atoms with Crippen molar-refractivity contribution in [1.82, 2.24) is 15.3 Å². The zero-order chi connectivity index (χ0) is 22.9. The first-order valence-corrected chi connectivity index (χ1v) is 10.6. The number of primary amides is 1. The molecule has 162 valence electrons.